The monoisotopic (exact) mass is 196 g/mol. The van der Waals surface area contributed by atoms with Crippen LogP contribution in [0.15, 0.2) is 0 Å². The van der Waals surface area contributed by atoms with E-state index < -0.39 is 31.4 Å². The van der Waals surface area contributed by atoms with Crippen molar-refractivity contribution in [3.8, 4) is 0 Å². The van der Waals surface area contributed by atoms with Crippen LogP contribution in [-0.4, -0.2) is 63.2 Å². The number of carbonyl (C=O) groups is 2. The van der Waals surface area contributed by atoms with Gasteiger partial charge in [-0.2, -0.15) is 0 Å². The van der Waals surface area contributed by atoms with E-state index in [0.717, 1.165) is 0 Å². The van der Waals surface area contributed by atoms with Crippen LogP contribution in [0, 0.1) is 0 Å². The normalized spacial score (nSPS) is 13.5. The first-order valence-electron chi connectivity index (χ1n) is 3.25. The number of aliphatic carboxylic acids is 1. The van der Waals surface area contributed by atoms with Gasteiger partial charge < -0.3 is 30.3 Å². The summed E-state index contributed by atoms with van der Waals surface area (Å²) in [4.78, 5) is 18.8. The molecule has 0 amide bonds. The number of carbonyl (C=O) groups excluding carboxylic acids is 1. The molecule has 2 atom stereocenters. The average Bonchev–Trinajstić information content (AvgIpc) is 2.16. The summed E-state index contributed by atoms with van der Waals surface area (Å²) in [5.41, 5.74) is 0. The Morgan fingerprint density at radius 3 is 1.69 bits per heavy atom. The standard InChI is InChI=1S/C3H6O4.C3H6O3/c4-1-2(5)3(6)7;4-1-3(6)2-5/h2,4-5H,1H2,(H,6,7);1,3,5-6H,2H2/t2-;/m1./s1. The summed E-state index contributed by atoms with van der Waals surface area (Å²) in [6.45, 7) is -1.21. The van der Waals surface area contributed by atoms with Crippen LogP contribution in [0.3, 0.4) is 0 Å². The van der Waals surface area contributed by atoms with E-state index in [4.69, 9.17) is 25.5 Å². The van der Waals surface area contributed by atoms with Crippen LogP contribution in [-0.2, 0) is 9.59 Å². The maximum absolute atomic E-state index is 9.52. The zero-order chi connectivity index (χ0) is 10.9. The van der Waals surface area contributed by atoms with Crippen LogP contribution in [0.2, 0.25) is 0 Å². The fraction of sp³-hybridized carbons (Fsp3) is 0.667. The van der Waals surface area contributed by atoms with Gasteiger partial charge in [0.05, 0.1) is 13.2 Å². The maximum atomic E-state index is 9.52. The van der Waals surface area contributed by atoms with Crippen LogP contribution >= 0.6 is 0 Å². The van der Waals surface area contributed by atoms with Gasteiger partial charge in [-0.05, 0) is 0 Å². The molecule has 13 heavy (non-hydrogen) atoms. The molecular formula is C6H12O7. The Balaban J connectivity index is 0. The van der Waals surface area contributed by atoms with E-state index in [-0.39, 0.29) is 6.29 Å². The Hall–Kier alpha value is -1.02. The summed E-state index contributed by atoms with van der Waals surface area (Å²) in [5, 5.41) is 39.6. The molecule has 0 aromatic heterocycles. The molecule has 78 valence electrons. The van der Waals surface area contributed by atoms with Gasteiger partial charge in [-0.25, -0.2) is 4.79 Å². The molecule has 0 bridgehead atoms. The van der Waals surface area contributed by atoms with E-state index in [1.807, 2.05) is 0 Å². The van der Waals surface area contributed by atoms with Crippen LogP contribution in [0.4, 0.5) is 0 Å². The molecule has 0 aliphatic rings. The second-order valence-corrected chi connectivity index (χ2v) is 1.92. The molecule has 5 N–H and O–H groups in total. The summed E-state index contributed by atoms with van der Waals surface area (Å²) in [7, 11) is 0. The molecule has 7 heteroatoms. The number of rotatable bonds is 4. The highest BCUT2D eigenvalue weighted by molar-refractivity contribution is 5.71. The first-order chi connectivity index (χ1) is 5.99. The number of carboxylic acid groups (broad SMARTS) is 1. The van der Waals surface area contributed by atoms with Gasteiger partial charge >= 0.3 is 5.97 Å². The molecule has 0 spiro atoms. The molecule has 0 aliphatic carbocycles. The minimum atomic E-state index is -1.63. The van der Waals surface area contributed by atoms with Gasteiger partial charge in [-0.3, -0.25) is 0 Å². The number of aliphatic hydroxyl groups excluding tert-OH is 4. The molecule has 1 unspecified atom stereocenters. The molecule has 0 aromatic carbocycles. The first kappa shape index (κ1) is 14.5. The second kappa shape index (κ2) is 9.07. The van der Waals surface area contributed by atoms with E-state index in [9.17, 15) is 9.59 Å². The molecule has 0 radical (unpaired) electrons. The minimum Gasteiger partial charge on any atom is -0.479 e. The van der Waals surface area contributed by atoms with Crippen molar-refractivity contribution >= 4 is 12.3 Å². The van der Waals surface area contributed by atoms with Gasteiger partial charge in [0.15, 0.2) is 12.4 Å². The quantitative estimate of drug-likeness (QED) is 0.301. The zero-order valence-electron chi connectivity index (χ0n) is 6.70. The van der Waals surface area contributed by atoms with E-state index in [2.05, 4.69) is 0 Å². The molecule has 0 aromatic rings. The summed E-state index contributed by atoms with van der Waals surface area (Å²) < 4.78 is 0. The Morgan fingerprint density at radius 1 is 1.23 bits per heavy atom. The van der Waals surface area contributed by atoms with Crippen LogP contribution < -0.4 is 0 Å². The van der Waals surface area contributed by atoms with Crippen molar-refractivity contribution < 1.29 is 35.1 Å². The predicted molar refractivity (Wildman–Crippen MR) is 39.9 cm³/mol. The largest absolute Gasteiger partial charge is 0.479 e. The Labute approximate surface area is 73.9 Å². The van der Waals surface area contributed by atoms with Gasteiger partial charge in [0.25, 0.3) is 0 Å². The van der Waals surface area contributed by atoms with Crippen molar-refractivity contribution in [2.45, 2.75) is 12.2 Å². The fourth-order valence-electron chi connectivity index (χ4n) is 0.121. The van der Waals surface area contributed by atoms with Crippen LogP contribution in [0.1, 0.15) is 0 Å². The third kappa shape index (κ3) is 11.0. The second-order valence-electron chi connectivity index (χ2n) is 1.92. The zero-order valence-corrected chi connectivity index (χ0v) is 6.70. The lowest BCUT2D eigenvalue weighted by atomic mass is 10.4. The highest BCUT2D eigenvalue weighted by Crippen LogP contribution is 1.75. The lowest BCUT2D eigenvalue weighted by Gasteiger charge is -1.95. The molecule has 0 fully saturated rings. The van der Waals surface area contributed by atoms with Crippen molar-refractivity contribution in [1.82, 2.24) is 0 Å². The van der Waals surface area contributed by atoms with Crippen molar-refractivity contribution in [3.05, 3.63) is 0 Å². The predicted octanol–water partition coefficient (Wildman–Crippen LogP) is -3.04. The Kier molecular flexibility index (Phi) is 10.1. The molecule has 7 nitrogen and oxygen atoms in total. The fourth-order valence-corrected chi connectivity index (χ4v) is 0.121. The minimum absolute atomic E-state index is 0.278. The molecule has 0 saturated carbocycles. The van der Waals surface area contributed by atoms with Gasteiger partial charge in [-0.1, -0.05) is 0 Å². The smallest absolute Gasteiger partial charge is 0.334 e. The van der Waals surface area contributed by atoms with Crippen LogP contribution in [0.25, 0.3) is 0 Å². The van der Waals surface area contributed by atoms with Crippen LogP contribution in [0.5, 0.6) is 0 Å². The van der Waals surface area contributed by atoms with E-state index in [0.29, 0.717) is 0 Å². The van der Waals surface area contributed by atoms with Crippen molar-refractivity contribution in [2.24, 2.45) is 0 Å². The summed E-state index contributed by atoms with van der Waals surface area (Å²) in [5.74, 6) is -1.40. The average molecular weight is 196 g/mol. The van der Waals surface area contributed by atoms with Crippen molar-refractivity contribution in [3.63, 3.8) is 0 Å². The maximum Gasteiger partial charge on any atom is 0.334 e. The lowest BCUT2D eigenvalue weighted by molar-refractivity contribution is -0.148. The highest BCUT2D eigenvalue weighted by Gasteiger charge is 2.08. The van der Waals surface area contributed by atoms with Gasteiger partial charge in [-0.15, -0.1) is 0 Å². The molecular weight excluding hydrogens is 184 g/mol. The van der Waals surface area contributed by atoms with E-state index in [1.54, 1.807) is 0 Å². The van der Waals surface area contributed by atoms with E-state index in [1.165, 1.54) is 0 Å². The van der Waals surface area contributed by atoms with Gasteiger partial charge in [0.1, 0.15) is 6.10 Å². The summed E-state index contributed by atoms with van der Waals surface area (Å²) in [6, 6.07) is 0. The number of aldehydes is 1. The number of hydrogen-bond acceptors (Lipinski definition) is 6. The SMILES string of the molecule is O=C(O)[C@H](O)CO.O=CC(O)CO. The van der Waals surface area contributed by atoms with Crippen molar-refractivity contribution in [1.29, 1.82) is 0 Å². The first-order valence-corrected chi connectivity index (χ1v) is 3.25. The highest BCUT2D eigenvalue weighted by atomic mass is 16.4. The summed E-state index contributed by atoms with van der Waals surface area (Å²) >= 11 is 0. The lowest BCUT2D eigenvalue weighted by Crippen LogP contribution is -2.22. The molecule has 0 saturated heterocycles. The van der Waals surface area contributed by atoms with Gasteiger partial charge in [0, 0.05) is 0 Å². The Bertz CT molecular complexity index is 146. The number of hydrogen-bond donors (Lipinski definition) is 5. The molecule has 0 heterocycles. The summed E-state index contributed by atoms with van der Waals surface area (Å²) in [6.07, 6.45) is -2.54. The third-order valence-electron chi connectivity index (χ3n) is 0.802. The Morgan fingerprint density at radius 2 is 1.69 bits per heavy atom. The van der Waals surface area contributed by atoms with Gasteiger partial charge in [0.2, 0.25) is 0 Å². The molecule has 0 rings (SSSR count). The number of carboxylic acids is 1. The topological polar surface area (TPSA) is 135 Å². The third-order valence-corrected chi connectivity index (χ3v) is 0.802. The van der Waals surface area contributed by atoms with E-state index >= 15 is 0 Å². The molecule has 0 aliphatic heterocycles. The van der Waals surface area contributed by atoms with Crippen molar-refractivity contribution in [2.75, 3.05) is 13.2 Å². The number of aliphatic hydroxyl groups is 4.